The molecule has 0 fully saturated rings. The summed E-state index contributed by atoms with van der Waals surface area (Å²) < 4.78 is 26.9. The largest absolute Gasteiger partial charge is 0.313 e. The first-order valence-corrected chi connectivity index (χ1v) is 8.07. The van der Waals surface area contributed by atoms with Gasteiger partial charge in [0.15, 0.2) is 0 Å². The van der Waals surface area contributed by atoms with Crippen molar-refractivity contribution in [1.82, 2.24) is 10.0 Å². The second kappa shape index (κ2) is 6.32. The third-order valence-electron chi connectivity index (χ3n) is 3.29. The highest BCUT2D eigenvalue weighted by Gasteiger charge is 2.14. The smallest absolute Gasteiger partial charge is 0.240 e. The van der Waals surface area contributed by atoms with Gasteiger partial charge in [-0.15, -0.1) is 0 Å². The lowest BCUT2D eigenvalue weighted by Crippen LogP contribution is -2.29. The molecule has 0 atom stereocenters. The van der Waals surface area contributed by atoms with Crippen molar-refractivity contribution in [3.63, 3.8) is 0 Å². The highest BCUT2D eigenvalue weighted by Crippen LogP contribution is 2.12. The first-order chi connectivity index (χ1) is 9.12. The third-order valence-corrected chi connectivity index (χ3v) is 4.71. The number of benzene rings is 1. The molecule has 1 aliphatic rings. The molecule has 1 aromatic rings. The molecule has 0 aliphatic carbocycles. The van der Waals surface area contributed by atoms with Crippen LogP contribution >= 0.6 is 0 Å². The van der Waals surface area contributed by atoms with Crippen molar-refractivity contribution in [3.05, 3.63) is 41.5 Å². The second-order valence-electron chi connectivity index (χ2n) is 4.64. The van der Waals surface area contributed by atoms with E-state index in [1.807, 2.05) is 25.1 Å². The first-order valence-electron chi connectivity index (χ1n) is 6.59. The topological polar surface area (TPSA) is 58.2 Å². The monoisotopic (exact) mass is 280 g/mol. The maximum absolute atomic E-state index is 12.1. The summed E-state index contributed by atoms with van der Waals surface area (Å²) in [6.07, 6.45) is 3.86. The van der Waals surface area contributed by atoms with Crippen LogP contribution in [0.1, 0.15) is 18.9 Å². The average Bonchev–Trinajstić information content (AvgIpc) is 2.46. The number of hydrogen-bond donors (Lipinski definition) is 2. The van der Waals surface area contributed by atoms with E-state index in [0.29, 0.717) is 11.4 Å². The highest BCUT2D eigenvalue weighted by molar-refractivity contribution is 7.89. The molecule has 0 spiro atoms. The van der Waals surface area contributed by atoms with E-state index in [4.69, 9.17) is 0 Å². The predicted molar refractivity (Wildman–Crippen MR) is 76.6 cm³/mol. The lowest BCUT2D eigenvalue weighted by molar-refractivity contribution is 0.582. The summed E-state index contributed by atoms with van der Waals surface area (Å²) >= 11 is 0. The second-order valence-corrected chi connectivity index (χ2v) is 6.41. The zero-order valence-corrected chi connectivity index (χ0v) is 12.0. The summed E-state index contributed by atoms with van der Waals surface area (Å²) in [7, 11) is -3.40. The molecule has 0 unspecified atom stereocenters. The number of rotatable bonds is 5. The van der Waals surface area contributed by atoms with E-state index in [2.05, 4.69) is 10.0 Å². The van der Waals surface area contributed by atoms with Crippen molar-refractivity contribution in [2.75, 3.05) is 19.6 Å². The van der Waals surface area contributed by atoms with Crippen LogP contribution in [0.25, 0.3) is 0 Å². The van der Waals surface area contributed by atoms with Gasteiger partial charge in [-0.1, -0.05) is 30.7 Å². The van der Waals surface area contributed by atoms with E-state index in [1.165, 1.54) is 0 Å². The first kappa shape index (κ1) is 14.2. The molecular formula is C14H20N2O2S. The Hall–Kier alpha value is -1.17. The Balaban J connectivity index is 2.02. The van der Waals surface area contributed by atoms with Crippen molar-refractivity contribution < 1.29 is 8.42 Å². The van der Waals surface area contributed by atoms with E-state index >= 15 is 0 Å². The van der Waals surface area contributed by atoms with Crippen molar-refractivity contribution in [2.45, 2.75) is 24.7 Å². The standard InChI is InChI=1S/C14H20N2O2S/c1-2-12-3-5-14(6-4-12)19(17,18)16-11-13-7-9-15-10-8-13/h3-7,15-16H,2,8-11H2,1H3. The van der Waals surface area contributed by atoms with Gasteiger partial charge in [-0.3, -0.25) is 0 Å². The molecule has 4 nitrogen and oxygen atoms in total. The van der Waals surface area contributed by atoms with E-state index in [1.54, 1.807) is 12.1 Å². The molecule has 0 radical (unpaired) electrons. The lowest BCUT2D eigenvalue weighted by Gasteiger charge is -2.14. The normalized spacial score (nSPS) is 16.2. The predicted octanol–water partition coefficient (Wildman–Crippen LogP) is 1.45. The van der Waals surface area contributed by atoms with Crippen LogP contribution in [0.5, 0.6) is 0 Å². The zero-order chi connectivity index (χ0) is 13.7. The molecule has 2 rings (SSSR count). The van der Waals surface area contributed by atoms with Gasteiger partial charge in [0.05, 0.1) is 4.90 Å². The van der Waals surface area contributed by atoms with Gasteiger partial charge in [0.25, 0.3) is 0 Å². The number of sulfonamides is 1. The summed E-state index contributed by atoms with van der Waals surface area (Å²) in [6.45, 7) is 4.19. The van der Waals surface area contributed by atoms with Crippen molar-refractivity contribution >= 4 is 10.0 Å². The van der Waals surface area contributed by atoms with Crippen LogP contribution in [-0.4, -0.2) is 28.1 Å². The Morgan fingerprint density at radius 3 is 2.58 bits per heavy atom. The van der Waals surface area contributed by atoms with Crippen molar-refractivity contribution in [2.24, 2.45) is 0 Å². The number of nitrogens with one attached hydrogen (secondary N) is 2. The van der Waals surface area contributed by atoms with E-state index in [0.717, 1.165) is 37.1 Å². The van der Waals surface area contributed by atoms with Gasteiger partial charge in [0, 0.05) is 13.1 Å². The van der Waals surface area contributed by atoms with Crippen molar-refractivity contribution in [1.29, 1.82) is 0 Å². The molecule has 2 N–H and O–H groups in total. The van der Waals surface area contributed by atoms with Gasteiger partial charge < -0.3 is 5.32 Å². The van der Waals surface area contributed by atoms with Crippen molar-refractivity contribution in [3.8, 4) is 0 Å². The fraction of sp³-hybridized carbons (Fsp3) is 0.429. The maximum Gasteiger partial charge on any atom is 0.240 e. The van der Waals surface area contributed by atoms with Crippen LogP contribution in [0, 0.1) is 0 Å². The Morgan fingerprint density at radius 1 is 1.26 bits per heavy atom. The average molecular weight is 280 g/mol. The molecule has 0 amide bonds. The highest BCUT2D eigenvalue weighted by atomic mass is 32.2. The molecule has 1 heterocycles. The Morgan fingerprint density at radius 2 is 2.00 bits per heavy atom. The molecular weight excluding hydrogens is 260 g/mol. The van der Waals surface area contributed by atoms with Gasteiger partial charge in [-0.25, -0.2) is 13.1 Å². The number of hydrogen-bond acceptors (Lipinski definition) is 3. The molecule has 19 heavy (non-hydrogen) atoms. The van der Waals surface area contributed by atoms with Crippen LogP contribution in [0.3, 0.4) is 0 Å². The summed E-state index contributed by atoms with van der Waals surface area (Å²) in [6, 6.07) is 7.05. The minimum absolute atomic E-state index is 0.333. The Bertz CT molecular complexity index is 547. The maximum atomic E-state index is 12.1. The number of aryl methyl sites for hydroxylation is 1. The van der Waals surface area contributed by atoms with Gasteiger partial charge in [0.1, 0.15) is 0 Å². The zero-order valence-electron chi connectivity index (χ0n) is 11.1. The van der Waals surface area contributed by atoms with Gasteiger partial charge in [0.2, 0.25) is 10.0 Å². The van der Waals surface area contributed by atoms with Gasteiger partial charge >= 0.3 is 0 Å². The summed E-state index contributed by atoms with van der Waals surface area (Å²) in [5, 5.41) is 3.20. The molecule has 1 aliphatic heterocycles. The fourth-order valence-electron chi connectivity index (χ4n) is 2.01. The molecule has 0 saturated carbocycles. The third kappa shape index (κ3) is 3.89. The van der Waals surface area contributed by atoms with Gasteiger partial charge in [-0.05, 0) is 37.1 Å². The van der Waals surface area contributed by atoms with E-state index in [-0.39, 0.29) is 0 Å². The molecule has 5 heteroatoms. The SMILES string of the molecule is CCc1ccc(S(=O)(=O)NCC2=CCNCC2)cc1. The molecule has 0 aromatic heterocycles. The van der Waals surface area contributed by atoms with Gasteiger partial charge in [-0.2, -0.15) is 0 Å². The van der Waals surface area contributed by atoms with Crippen LogP contribution < -0.4 is 10.0 Å². The van der Waals surface area contributed by atoms with Crippen LogP contribution in [0.4, 0.5) is 0 Å². The van der Waals surface area contributed by atoms with E-state index < -0.39 is 10.0 Å². The summed E-state index contributed by atoms with van der Waals surface area (Å²) in [4.78, 5) is 0.333. The molecule has 104 valence electrons. The minimum Gasteiger partial charge on any atom is -0.313 e. The fourth-order valence-corrected chi connectivity index (χ4v) is 3.04. The Labute approximate surface area is 115 Å². The quantitative estimate of drug-likeness (QED) is 0.803. The molecule has 0 saturated heterocycles. The van der Waals surface area contributed by atoms with E-state index in [9.17, 15) is 8.42 Å². The molecule has 1 aromatic carbocycles. The minimum atomic E-state index is -3.40. The Kier molecular flexibility index (Phi) is 4.74. The van der Waals surface area contributed by atoms with Crippen LogP contribution in [0.15, 0.2) is 40.8 Å². The van der Waals surface area contributed by atoms with Crippen LogP contribution in [-0.2, 0) is 16.4 Å². The van der Waals surface area contributed by atoms with Crippen LogP contribution in [0.2, 0.25) is 0 Å². The summed E-state index contributed by atoms with van der Waals surface area (Å²) in [5.41, 5.74) is 2.28. The summed E-state index contributed by atoms with van der Waals surface area (Å²) in [5.74, 6) is 0. The lowest BCUT2D eigenvalue weighted by atomic mass is 10.1. The molecule has 0 bridgehead atoms.